The number of aromatic carboxylic acids is 1. The van der Waals surface area contributed by atoms with E-state index in [0.717, 1.165) is 4.68 Å². The number of alkyl halides is 2. The Hall–Kier alpha value is -1.90. The third-order valence-corrected chi connectivity index (χ3v) is 2.72. The van der Waals surface area contributed by atoms with E-state index in [-0.39, 0.29) is 6.54 Å². The van der Waals surface area contributed by atoms with Crippen molar-refractivity contribution in [1.82, 2.24) is 20.0 Å². The zero-order valence-corrected chi connectivity index (χ0v) is 9.06. The van der Waals surface area contributed by atoms with E-state index in [1.807, 2.05) is 0 Å². The monoisotopic (exact) mass is 260 g/mol. The van der Waals surface area contributed by atoms with Gasteiger partial charge in [0.2, 0.25) is 0 Å². The summed E-state index contributed by atoms with van der Waals surface area (Å²) in [5.74, 6) is -1.52. The van der Waals surface area contributed by atoms with Crippen LogP contribution in [0.3, 0.4) is 0 Å². The van der Waals surface area contributed by atoms with Gasteiger partial charge < -0.3 is 5.11 Å². The fraction of sp³-hybridized carbons (Fsp3) is 0.250. The van der Waals surface area contributed by atoms with Gasteiger partial charge in [-0.2, -0.15) is 0 Å². The highest BCUT2D eigenvalue weighted by Crippen LogP contribution is 2.22. The van der Waals surface area contributed by atoms with Crippen LogP contribution >= 0.6 is 11.3 Å². The summed E-state index contributed by atoms with van der Waals surface area (Å²) < 4.78 is 26.3. The average Bonchev–Trinajstić information content (AvgIpc) is 2.86. The van der Waals surface area contributed by atoms with Gasteiger partial charge in [-0.1, -0.05) is 5.21 Å². The molecule has 0 fully saturated rings. The normalized spacial score (nSPS) is 11.0. The van der Waals surface area contributed by atoms with Crippen LogP contribution in [0, 0.1) is 0 Å². The predicted molar refractivity (Wildman–Crippen MR) is 53.2 cm³/mol. The zero-order chi connectivity index (χ0) is 12.4. The number of hydrogen-bond acceptors (Lipinski definition) is 5. The quantitative estimate of drug-likeness (QED) is 0.899. The largest absolute Gasteiger partial charge is 0.476 e. The molecule has 0 aliphatic rings. The second-order valence-corrected chi connectivity index (χ2v) is 3.99. The molecule has 2 heterocycles. The van der Waals surface area contributed by atoms with Gasteiger partial charge in [-0.3, -0.25) is 0 Å². The third kappa shape index (κ3) is 2.28. The first-order valence-corrected chi connectivity index (χ1v) is 5.30. The van der Waals surface area contributed by atoms with E-state index in [1.165, 1.54) is 17.5 Å². The van der Waals surface area contributed by atoms with Gasteiger partial charge in [0, 0.05) is 11.6 Å². The molecule has 6 nitrogen and oxygen atoms in total. The molecular weight excluding hydrogens is 254 g/mol. The van der Waals surface area contributed by atoms with Crippen molar-refractivity contribution in [3.63, 3.8) is 0 Å². The van der Waals surface area contributed by atoms with Crippen LogP contribution < -0.4 is 0 Å². The van der Waals surface area contributed by atoms with E-state index in [2.05, 4.69) is 15.3 Å². The number of aromatic nitrogens is 4. The summed E-state index contributed by atoms with van der Waals surface area (Å²) in [7, 11) is 0. The van der Waals surface area contributed by atoms with Gasteiger partial charge in [0.05, 0.1) is 6.54 Å². The van der Waals surface area contributed by atoms with Crippen LogP contribution in [-0.2, 0) is 6.54 Å². The average molecular weight is 260 g/mol. The fourth-order valence-electron chi connectivity index (χ4n) is 1.26. The molecule has 0 aliphatic carbocycles. The molecule has 2 rings (SSSR count). The smallest absolute Gasteiger partial charge is 0.358 e. The number of halogens is 2. The van der Waals surface area contributed by atoms with Crippen molar-refractivity contribution in [2.45, 2.75) is 13.0 Å². The first-order chi connectivity index (χ1) is 8.09. The van der Waals surface area contributed by atoms with Crippen molar-refractivity contribution >= 4 is 17.3 Å². The highest BCUT2D eigenvalue weighted by molar-refractivity contribution is 7.09. The van der Waals surface area contributed by atoms with E-state index in [1.54, 1.807) is 5.38 Å². The van der Waals surface area contributed by atoms with Gasteiger partial charge in [-0.05, 0) is 0 Å². The van der Waals surface area contributed by atoms with Crippen LogP contribution in [0.2, 0.25) is 0 Å². The third-order valence-electron chi connectivity index (χ3n) is 1.95. The number of carboxylic acids is 1. The number of carbonyl (C=O) groups is 1. The van der Waals surface area contributed by atoms with Crippen LogP contribution in [-0.4, -0.2) is 31.1 Å². The molecule has 0 saturated carbocycles. The molecule has 17 heavy (non-hydrogen) atoms. The zero-order valence-electron chi connectivity index (χ0n) is 8.25. The van der Waals surface area contributed by atoms with Crippen molar-refractivity contribution in [2.24, 2.45) is 0 Å². The minimum absolute atomic E-state index is 0.0163. The Balaban J connectivity index is 2.37. The summed E-state index contributed by atoms with van der Waals surface area (Å²) in [6.07, 6.45) is -1.42. The summed E-state index contributed by atoms with van der Waals surface area (Å²) in [6, 6.07) is 0. The highest BCUT2D eigenvalue weighted by atomic mass is 32.1. The van der Waals surface area contributed by atoms with Crippen LogP contribution in [0.25, 0.3) is 0 Å². The Morgan fingerprint density at radius 1 is 1.59 bits per heavy atom. The van der Waals surface area contributed by atoms with Crippen molar-refractivity contribution in [3.8, 4) is 0 Å². The molecule has 90 valence electrons. The van der Waals surface area contributed by atoms with E-state index in [0.29, 0.717) is 5.01 Å². The highest BCUT2D eigenvalue weighted by Gasteiger charge is 2.26. The molecule has 0 aliphatic heterocycles. The molecule has 0 radical (unpaired) electrons. The Morgan fingerprint density at radius 2 is 2.35 bits per heavy atom. The number of rotatable bonds is 4. The topological polar surface area (TPSA) is 80.9 Å². The summed E-state index contributed by atoms with van der Waals surface area (Å²) in [4.78, 5) is 14.6. The summed E-state index contributed by atoms with van der Waals surface area (Å²) in [5, 5.41) is 17.6. The molecule has 0 bridgehead atoms. The van der Waals surface area contributed by atoms with Crippen molar-refractivity contribution in [3.05, 3.63) is 28.0 Å². The maximum Gasteiger partial charge on any atom is 0.358 e. The summed E-state index contributed by atoms with van der Waals surface area (Å²) in [5.41, 5.74) is -1.43. The van der Waals surface area contributed by atoms with E-state index >= 15 is 0 Å². The fourth-order valence-corrected chi connectivity index (χ4v) is 1.86. The van der Waals surface area contributed by atoms with Crippen LogP contribution in [0.1, 0.15) is 27.6 Å². The summed E-state index contributed by atoms with van der Waals surface area (Å²) >= 11 is 1.26. The lowest BCUT2D eigenvalue weighted by molar-refractivity contribution is 0.0675. The lowest BCUT2D eigenvalue weighted by Gasteiger charge is -2.03. The molecule has 0 unspecified atom stereocenters. The first-order valence-electron chi connectivity index (χ1n) is 4.42. The Bertz CT molecular complexity index is 526. The second kappa shape index (κ2) is 4.53. The number of carboxylic acid groups (broad SMARTS) is 1. The molecule has 0 saturated heterocycles. The Morgan fingerprint density at radius 3 is 2.88 bits per heavy atom. The Kier molecular flexibility index (Phi) is 3.09. The first kappa shape index (κ1) is 11.6. The number of thiazole rings is 1. The van der Waals surface area contributed by atoms with E-state index in [9.17, 15) is 13.6 Å². The lowest BCUT2D eigenvalue weighted by atomic mass is 10.3. The Labute approximate surface area is 97.5 Å². The molecule has 2 aromatic rings. The van der Waals surface area contributed by atoms with Gasteiger partial charge in [-0.25, -0.2) is 23.2 Å². The van der Waals surface area contributed by atoms with Gasteiger partial charge in [0.25, 0.3) is 6.43 Å². The molecule has 1 N–H and O–H groups in total. The molecule has 0 atom stereocenters. The van der Waals surface area contributed by atoms with E-state index < -0.39 is 23.8 Å². The molecule has 0 spiro atoms. The maximum atomic E-state index is 12.7. The van der Waals surface area contributed by atoms with Crippen LogP contribution in [0.15, 0.2) is 11.6 Å². The van der Waals surface area contributed by atoms with Crippen molar-refractivity contribution < 1.29 is 18.7 Å². The predicted octanol–water partition coefficient (Wildman–Crippen LogP) is 1.42. The molecular formula is C8H6F2N4O2S. The van der Waals surface area contributed by atoms with Gasteiger partial charge in [0.1, 0.15) is 10.7 Å². The maximum absolute atomic E-state index is 12.7. The summed E-state index contributed by atoms with van der Waals surface area (Å²) in [6.45, 7) is -0.0163. The minimum atomic E-state index is -2.95. The number of nitrogens with zero attached hydrogens (tertiary/aromatic N) is 4. The van der Waals surface area contributed by atoms with Crippen molar-refractivity contribution in [1.29, 1.82) is 0 Å². The van der Waals surface area contributed by atoms with Crippen molar-refractivity contribution in [2.75, 3.05) is 0 Å². The minimum Gasteiger partial charge on any atom is -0.476 e. The number of hydrogen-bond donors (Lipinski definition) is 1. The molecule has 2 aromatic heterocycles. The van der Waals surface area contributed by atoms with Crippen LogP contribution in [0.5, 0.6) is 0 Å². The molecule has 9 heteroatoms. The van der Waals surface area contributed by atoms with Gasteiger partial charge >= 0.3 is 5.97 Å². The van der Waals surface area contributed by atoms with E-state index in [4.69, 9.17) is 5.11 Å². The SMILES string of the molecule is O=C(O)c1nnn(Cc2nccs2)c1C(F)F. The van der Waals surface area contributed by atoms with Gasteiger partial charge in [-0.15, -0.1) is 16.4 Å². The second-order valence-electron chi connectivity index (χ2n) is 3.01. The molecule has 0 aromatic carbocycles. The lowest BCUT2D eigenvalue weighted by Crippen LogP contribution is -2.09. The standard InChI is InChI=1S/C8H6F2N4O2S/c9-7(10)6-5(8(15)16)12-13-14(6)3-4-11-1-2-17-4/h1-2,7H,3H2,(H,15,16). The van der Waals surface area contributed by atoms with Crippen LogP contribution in [0.4, 0.5) is 8.78 Å². The molecule has 0 amide bonds. The van der Waals surface area contributed by atoms with Gasteiger partial charge in [0.15, 0.2) is 5.69 Å².